The molecule has 0 spiro atoms. The van der Waals surface area contributed by atoms with Gasteiger partial charge in [0.2, 0.25) is 10.0 Å². The number of fused-ring (bicyclic) bond motifs is 1. The normalized spacial score (nSPS) is 17.4. The number of nitrogens with zero attached hydrogens (tertiary/aromatic N) is 2. The molecule has 1 aromatic heterocycles. The van der Waals surface area contributed by atoms with Crippen LogP contribution in [0.4, 0.5) is 0 Å². The van der Waals surface area contributed by atoms with E-state index in [4.69, 9.17) is 9.88 Å². The third kappa shape index (κ3) is 4.95. The van der Waals surface area contributed by atoms with Gasteiger partial charge in [-0.3, -0.25) is 4.90 Å². The predicted octanol–water partition coefficient (Wildman–Crippen LogP) is 3.98. The molecule has 0 aliphatic carbocycles. The maximum absolute atomic E-state index is 11.6. The van der Waals surface area contributed by atoms with Gasteiger partial charge in [-0.25, -0.2) is 18.5 Å². The van der Waals surface area contributed by atoms with E-state index < -0.39 is 15.3 Å². The third-order valence-electron chi connectivity index (χ3n) is 5.62. The Balaban J connectivity index is 1.32. The molecule has 0 saturated carbocycles. The Morgan fingerprint density at radius 1 is 1.17 bits per heavy atom. The van der Waals surface area contributed by atoms with E-state index in [9.17, 15) is 8.42 Å². The lowest BCUT2D eigenvalue weighted by Crippen LogP contribution is -2.40. The van der Waals surface area contributed by atoms with Crippen LogP contribution in [0.15, 0.2) is 48.5 Å². The molecule has 0 amide bonds. The van der Waals surface area contributed by atoms with E-state index in [0.717, 1.165) is 48.4 Å². The van der Waals surface area contributed by atoms with Crippen molar-refractivity contribution < 1.29 is 13.2 Å². The zero-order valence-corrected chi connectivity index (χ0v) is 18.0. The number of primary sulfonamides is 1. The molecule has 0 radical (unpaired) electrons. The smallest absolute Gasteiger partial charge is 0.279 e. The fourth-order valence-electron chi connectivity index (χ4n) is 3.77. The predicted molar refractivity (Wildman–Crippen MR) is 117 cm³/mol. The third-order valence-corrected chi connectivity index (χ3v) is 7.96. The van der Waals surface area contributed by atoms with Crippen molar-refractivity contribution in [3.63, 3.8) is 0 Å². The van der Waals surface area contributed by atoms with E-state index in [-0.39, 0.29) is 5.92 Å². The molecule has 3 aromatic rings. The summed E-state index contributed by atoms with van der Waals surface area (Å²) in [5.74, 6) is 0.916. The average Bonchev–Trinajstić information content (AvgIpc) is 3.11. The Hall–Kier alpha value is -2.00. The molecule has 1 unspecified atom stereocenters. The van der Waals surface area contributed by atoms with Crippen molar-refractivity contribution in [3.05, 3.63) is 54.1 Å². The first kappa shape index (κ1) is 20.3. The van der Waals surface area contributed by atoms with Crippen LogP contribution >= 0.6 is 11.3 Å². The molecule has 1 aliphatic heterocycles. The van der Waals surface area contributed by atoms with E-state index >= 15 is 0 Å². The minimum Gasteiger partial charge on any atom is -0.431 e. The number of aromatic nitrogens is 1. The lowest BCUT2D eigenvalue weighted by atomic mass is 9.93. The molecule has 2 N–H and O–H groups in total. The number of piperidine rings is 1. The van der Waals surface area contributed by atoms with Gasteiger partial charge >= 0.3 is 0 Å². The fraction of sp³-hybridized carbons (Fsp3) is 0.381. The zero-order chi connectivity index (χ0) is 20.4. The summed E-state index contributed by atoms with van der Waals surface area (Å²) in [5.41, 5.74) is 2.16. The van der Waals surface area contributed by atoms with Crippen LogP contribution in [0, 0.1) is 5.92 Å². The molecule has 0 bridgehead atoms. The summed E-state index contributed by atoms with van der Waals surface area (Å²) in [5, 5.41) is 5.48. The fourth-order valence-corrected chi connectivity index (χ4v) is 5.41. The highest BCUT2D eigenvalue weighted by molar-refractivity contribution is 7.89. The number of likely N-dealkylation sites (tertiary alicyclic amines) is 1. The Morgan fingerprint density at radius 2 is 1.86 bits per heavy atom. The van der Waals surface area contributed by atoms with E-state index in [1.807, 2.05) is 36.4 Å². The van der Waals surface area contributed by atoms with Crippen molar-refractivity contribution in [2.45, 2.75) is 31.6 Å². The van der Waals surface area contributed by atoms with Gasteiger partial charge in [0, 0.05) is 6.54 Å². The number of hydrogen-bond acceptors (Lipinski definition) is 6. The van der Waals surface area contributed by atoms with Crippen molar-refractivity contribution in [2.75, 3.05) is 13.1 Å². The average molecular weight is 432 g/mol. The molecule has 1 atom stereocenters. The summed E-state index contributed by atoms with van der Waals surface area (Å²) in [6.07, 6.45) is 1.72. The highest BCUT2D eigenvalue weighted by Crippen LogP contribution is 2.31. The molecular formula is C21H25N3O3S2. The van der Waals surface area contributed by atoms with Gasteiger partial charge in [0.05, 0.1) is 15.5 Å². The lowest BCUT2D eigenvalue weighted by Gasteiger charge is -2.34. The minimum atomic E-state index is -3.45. The number of ether oxygens (including phenoxy) is 1. The van der Waals surface area contributed by atoms with Crippen LogP contribution < -0.4 is 9.88 Å². The van der Waals surface area contributed by atoms with E-state index in [2.05, 4.69) is 22.0 Å². The second-order valence-corrected chi connectivity index (χ2v) is 10.5. The molecule has 2 aromatic carbocycles. The molecule has 1 aliphatic rings. The molecule has 1 saturated heterocycles. The van der Waals surface area contributed by atoms with Crippen molar-refractivity contribution >= 4 is 31.6 Å². The lowest BCUT2D eigenvalue weighted by molar-refractivity contribution is 0.176. The first-order chi connectivity index (χ1) is 13.9. The largest absolute Gasteiger partial charge is 0.431 e. The Kier molecular flexibility index (Phi) is 5.87. The van der Waals surface area contributed by atoms with Crippen molar-refractivity contribution in [1.29, 1.82) is 0 Å². The molecule has 29 heavy (non-hydrogen) atoms. The Morgan fingerprint density at radius 3 is 2.52 bits per heavy atom. The Bertz CT molecular complexity index is 1040. The van der Waals surface area contributed by atoms with Crippen molar-refractivity contribution in [1.82, 2.24) is 9.88 Å². The topological polar surface area (TPSA) is 85.5 Å². The van der Waals surface area contributed by atoms with Crippen LogP contribution in [0.1, 0.15) is 25.3 Å². The van der Waals surface area contributed by atoms with Crippen LogP contribution in [0.25, 0.3) is 10.2 Å². The summed E-state index contributed by atoms with van der Waals surface area (Å²) in [6, 6.07) is 16.1. The van der Waals surface area contributed by atoms with E-state index in [0.29, 0.717) is 5.19 Å². The molecule has 4 rings (SSSR count). The van der Waals surface area contributed by atoms with Gasteiger partial charge in [-0.15, -0.1) is 0 Å². The first-order valence-corrected chi connectivity index (χ1v) is 12.2. The number of thiazole rings is 1. The quantitative estimate of drug-likeness (QED) is 0.638. The number of sulfonamides is 1. The van der Waals surface area contributed by atoms with Crippen LogP contribution in [0.2, 0.25) is 0 Å². The van der Waals surface area contributed by atoms with Gasteiger partial charge in [0.15, 0.2) is 0 Å². The molecule has 154 valence electrons. The molecule has 8 heteroatoms. The monoisotopic (exact) mass is 431 g/mol. The second-order valence-electron chi connectivity index (χ2n) is 7.60. The molecule has 2 heterocycles. The van der Waals surface area contributed by atoms with Crippen LogP contribution in [-0.2, 0) is 16.6 Å². The van der Waals surface area contributed by atoms with Crippen LogP contribution in [-0.4, -0.2) is 36.6 Å². The van der Waals surface area contributed by atoms with E-state index in [1.165, 1.54) is 16.9 Å². The number of rotatable bonds is 6. The summed E-state index contributed by atoms with van der Waals surface area (Å²) >= 11 is 1.54. The highest BCUT2D eigenvalue weighted by atomic mass is 32.2. The number of hydrogen-bond donors (Lipinski definition) is 1. The number of para-hydroxylation sites is 1. The maximum atomic E-state index is 11.6. The van der Waals surface area contributed by atoms with Gasteiger partial charge in [0.1, 0.15) is 5.75 Å². The summed E-state index contributed by atoms with van der Waals surface area (Å²) in [4.78, 5) is 6.86. The van der Waals surface area contributed by atoms with Crippen LogP contribution in [0.3, 0.4) is 0 Å². The van der Waals surface area contributed by atoms with Gasteiger partial charge in [0.25, 0.3) is 5.19 Å². The van der Waals surface area contributed by atoms with E-state index in [1.54, 1.807) is 6.92 Å². The van der Waals surface area contributed by atoms with Gasteiger partial charge in [-0.05, 0) is 68.6 Å². The summed E-state index contributed by atoms with van der Waals surface area (Å²) < 4.78 is 30.1. The summed E-state index contributed by atoms with van der Waals surface area (Å²) in [7, 11) is -3.45. The van der Waals surface area contributed by atoms with Gasteiger partial charge < -0.3 is 4.74 Å². The standard InChI is InChI=1S/C21H25N3O3S2/c1-15(29(22,25)26)17-10-12-24(13-11-17)14-16-6-8-18(9-7-16)27-21-23-19-4-2-3-5-20(19)28-21/h2-9,15,17H,10-14H2,1H3,(H2,22,25,26). The number of benzene rings is 2. The molecule has 1 fully saturated rings. The van der Waals surface area contributed by atoms with Gasteiger partial charge in [-0.2, -0.15) is 0 Å². The van der Waals surface area contributed by atoms with Crippen molar-refractivity contribution in [2.24, 2.45) is 11.1 Å². The number of nitrogens with two attached hydrogens (primary N) is 1. The Labute approximate surface area is 175 Å². The van der Waals surface area contributed by atoms with Crippen LogP contribution in [0.5, 0.6) is 10.9 Å². The summed E-state index contributed by atoms with van der Waals surface area (Å²) in [6.45, 7) is 4.33. The zero-order valence-electron chi connectivity index (χ0n) is 16.3. The SMILES string of the molecule is CC(C1CCN(Cc2ccc(Oc3nc4ccccc4s3)cc2)CC1)S(N)(=O)=O. The maximum Gasteiger partial charge on any atom is 0.279 e. The minimum absolute atomic E-state index is 0.144. The van der Waals surface area contributed by atoms with Gasteiger partial charge in [-0.1, -0.05) is 35.6 Å². The first-order valence-electron chi connectivity index (χ1n) is 9.75. The molecule has 6 nitrogen and oxygen atoms in total. The second kappa shape index (κ2) is 8.39. The van der Waals surface area contributed by atoms with Crippen molar-refractivity contribution in [3.8, 4) is 10.9 Å². The highest BCUT2D eigenvalue weighted by Gasteiger charge is 2.29. The molecular weight excluding hydrogens is 406 g/mol.